The maximum absolute atomic E-state index is 10.3. The number of ether oxygens (including phenoxy) is 1. The van der Waals surface area contributed by atoms with Gasteiger partial charge in [0.1, 0.15) is 12.4 Å². The van der Waals surface area contributed by atoms with Crippen LogP contribution in [0.15, 0.2) is 59.8 Å². The Kier molecular flexibility index (Phi) is 4.61. The van der Waals surface area contributed by atoms with Gasteiger partial charge in [0.2, 0.25) is 10.9 Å². The van der Waals surface area contributed by atoms with Crippen LogP contribution in [0, 0.1) is 0 Å². The van der Waals surface area contributed by atoms with E-state index < -0.39 is 6.10 Å². The van der Waals surface area contributed by atoms with Gasteiger partial charge < -0.3 is 14.4 Å². The molecule has 148 valence electrons. The number of aromatic nitrogens is 6. The summed E-state index contributed by atoms with van der Waals surface area (Å²) < 4.78 is 11.5. The smallest absolute Gasteiger partial charge is 0.260 e. The topological polar surface area (TPSA) is 81.9 Å². The summed E-state index contributed by atoms with van der Waals surface area (Å²) in [6, 6.07) is 17.6. The molecule has 0 aliphatic rings. The van der Waals surface area contributed by atoms with Gasteiger partial charge in [-0.2, -0.15) is 4.52 Å². The van der Waals surface area contributed by atoms with Gasteiger partial charge >= 0.3 is 0 Å². The van der Waals surface area contributed by atoms with Crippen molar-refractivity contribution >= 4 is 34.4 Å². The molecule has 2 aromatic carbocycles. The molecular weight excluding hydrogens is 388 g/mol. The number of aliphatic hydroxyl groups is 1. The molecule has 0 bridgehead atoms. The lowest BCUT2D eigenvalue weighted by Crippen LogP contribution is -2.20. The largest absolute Gasteiger partial charge is 0.491 e. The van der Waals surface area contributed by atoms with Crippen molar-refractivity contribution in [1.29, 1.82) is 0 Å². The lowest BCUT2D eigenvalue weighted by Gasteiger charge is -2.11. The number of fused-ring (bicyclic) bond motifs is 5. The Labute approximate surface area is 170 Å². The first-order valence-electron chi connectivity index (χ1n) is 9.46. The quantitative estimate of drug-likeness (QED) is 0.417. The highest BCUT2D eigenvalue weighted by Crippen LogP contribution is 2.25. The van der Waals surface area contributed by atoms with Crippen molar-refractivity contribution in [3.05, 3.63) is 54.6 Å². The molecule has 29 heavy (non-hydrogen) atoms. The van der Waals surface area contributed by atoms with Crippen molar-refractivity contribution in [2.24, 2.45) is 0 Å². The van der Waals surface area contributed by atoms with E-state index in [1.54, 1.807) is 4.52 Å². The first-order chi connectivity index (χ1) is 14.3. The van der Waals surface area contributed by atoms with Gasteiger partial charge in [0.15, 0.2) is 0 Å². The number of aryl methyl sites for hydroxylation is 1. The third-order valence-electron chi connectivity index (χ3n) is 4.75. The van der Waals surface area contributed by atoms with Crippen LogP contribution < -0.4 is 4.74 Å². The Balaban J connectivity index is 1.38. The average Bonchev–Trinajstić information content (AvgIpc) is 3.40. The third kappa shape index (κ3) is 3.12. The monoisotopic (exact) mass is 408 g/mol. The Morgan fingerprint density at radius 3 is 2.55 bits per heavy atom. The van der Waals surface area contributed by atoms with Gasteiger partial charge in [-0.1, -0.05) is 42.1 Å². The van der Waals surface area contributed by atoms with Crippen LogP contribution in [0.25, 0.3) is 22.6 Å². The van der Waals surface area contributed by atoms with E-state index in [0.717, 1.165) is 29.1 Å². The van der Waals surface area contributed by atoms with Gasteiger partial charge in [0, 0.05) is 12.3 Å². The molecule has 0 saturated carbocycles. The Morgan fingerprint density at radius 2 is 1.76 bits per heavy atom. The van der Waals surface area contributed by atoms with Crippen LogP contribution in [-0.2, 0) is 6.54 Å². The number of hydrogen-bond donors (Lipinski definition) is 1. The number of rotatable bonds is 7. The van der Waals surface area contributed by atoms with Crippen LogP contribution in [0.1, 0.15) is 6.92 Å². The summed E-state index contributed by atoms with van der Waals surface area (Å²) in [7, 11) is 0. The van der Waals surface area contributed by atoms with E-state index in [2.05, 4.69) is 33.8 Å². The van der Waals surface area contributed by atoms with Gasteiger partial charge in [-0.25, -0.2) is 4.40 Å². The van der Waals surface area contributed by atoms with Crippen LogP contribution >= 0.6 is 11.8 Å². The standard InChI is InChI=1S/C20H20N6O2S/c1-2-24-16-10-6-7-11-17(16)25-18-21-22-20(26(18)23-19(24)25)29-13-14(27)12-28-15-8-4-3-5-9-15/h3-11,14,27H,2,12-13H2,1H3. The summed E-state index contributed by atoms with van der Waals surface area (Å²) in [6.07, 6.45) is -0.630. The summed E-state index contributed by atoms with van der Waals surface area (Å²) in [6.45, 7) is 3.12. The summed E-state index contributed by atoms with van der Waals surface area (Å²) >= 11 is 1.41. The normalized spacial score (nSPS) is 12.9. The highest BCUT2D eigenvalue weighted by atomic mass is 32.2. The lowest BCUT2D eigenvalue weighted by atomic mass is 10.3. The molecule has 1 unspecified atom stereocenters. The molecule has 9 heteroatoms. The molecule has 0 fully saturated rings. The first-order valence-corrected chi connectivity index (χ1v) is 10.4. The molecule has 1 atom stereocenters. The fourth-order valence-electron chi connectivity index (χ4n) is 3.42. The van der Waals surface area contributed by atoms with E-state index in [0.29, 0.717) is 16.7 Å². The van der Waals surface area contributed by atoms with Crippen LogP contribution in [0.2, 0.25) is 0 Å². The van der Waals surface area contributed by atoms with E-state index in [9.17, 15) is 5.11 Å². The molecule has 0 radical (unpaired) electrons. The number of para-hydroxylation sites is 3. The predicted octanol–water partition coefficient (Wildman–Crippen LogP) is 2.88. The molecular formula is C20H20N6O2S. The van der Waals surface area contributed by atoms with E-state index in [1.807, 2.05) is 46.9 Å². The van der Waals surface area contributed by atoms with Crippen LogP contribution in [0.5, 0.6) is 5.75 Å². The molecule has 0 amide bonds. The maximum Gasteiger partial charge on any atom is 0.260 e. The van der Waals surface area contributed by atoms with Crippen LogP contribution in [0.3, 0.4) is 0 Å². The number of hydrogen-bond acceptors (Lipinski definition) is 6. The minimum atomic E-state index is -0.630. The van der Waals surface area contributed by atoms with Crippen LogP contribution in [-0.4, -0.2) is 52.3 Å². The highest BCUT2D eigenvalue weighted by molar-refractivity contribution is 7.99. The minimum Gasteiger partial charge on any atom is -0.491 e. The van der Waals surface area contributed by atoms with Crippen molar-refractivity contribution in [1.82, 2.24) is 28.8 Å². The molecule has 0 saturated heterocycles. The van der Waals surface area contributed by atoms with Gasteiger partial charge in [-0.15, -0.1) is 15.3 Å². The SMILES string of the molecule is CCn1c2ccccc2n2c1nn1c(SCC(O)COc3ccccc3)nnc12. The third-order valence-corrected chi connectivity index (χ3v) is 5.81. The zero-order chi connectivity index (χ0) is 19.8. The second-order valence-electron chi connectivity index (χ2n) is 6.65. The molecule has 0 aliphatic carbocycles. The molecule has 1 N–H and O–H groups in total. The first kappa shape index (κ1) is 18.0. The van der Waals surface area contributed by atoms with Crippen molar-refractivity contribution in [2.45, 2.75) is 24.7 Å². The van der Waals surface area contributed by atoms with Gasteiger partial charge in [0.25, 0.3) is 5.78 Å². The van der Waals surface area contributed by atoms with Gasteiger partial charge in [-0.3, -0.25) is 0 Å². The van der Waals surface area contributed by atoms with E-state index in [1.165, 1.54) is 11.8 Å². The number of imidazole rings is 1. The minimum absolute atomic E-state index is 0.218. The fourth-order valence-corrected chi connectivity index (χ4v) is 4.20. The van der Waals surface area contributed by atoms with Crippen molar-refractivity contribution in [2.75, 3.05) is 12.4 Å². The molecule has 0 aliphatic heterocycles. The molecule has 5 aromatic rings. The number of thioether (sulfide) groups is 1. The van der Waals surface area contributed by atoms with Gasteiger partial charge in [0.05, 0.1) is 17.1 Å². The summed E-state index contributed by atoms with van der Waals surface area (Å²) in [5.41, 5.74) is 2.16. The zero-order valence-corrected chi connectivity index (χ0v) is 16.7. The van der Waals surface area contributed by atoms with E-state index in [4.69, 9.17) is 9.84 Å². The number of benzene rings is 2. The fraction of sp³-hybridized carbons (Fsp3) is 0.250. The second kappa shape index (κ2) is 7.41. The molecule has 0 spiro atoms. The maximum atomic E-state index is 10.3. The number of aliphatic hydroxyl groups excluding tert-OH is 1. The van der Waals surface area contributed by atoms with Crippen molar-refractivity contribution in [3.63, 3.8) is 0 Å². The van der Waals surface area contributed by atoms with Gasteiger partial charge in [-0.05, 0) is 31.2 Å². The average molecular weight is 408 g/mol. The van der Waals surface area contributed by atoms with Crippen LogP contribution in [0.4, 0.5) is 0 Å². The van der Waals surface area contributed by atoms with E-state index >= 15 is 0 Å². The molecule has 3 aromatic heterocycles. The summed E-state index contributed by atoms with van der Waals surface area (Å²) in [5.74, 6) is 2.67. The molecule has 5 rings (SSSR count). The van der Waals surface area contributed by atoms with Crippen molar-refractivity contribution < 1.29 is 9.84 Å². The van der Waals surface area contributed by atoms with Crippen molar-refractivity contribution in [3.8, 4) is 5.75 Å². The molecule has 8 nitrogen and oxygen atoms in total. The zero-order valence-electron chi connectivity index (χ0n) is 15.8. The number of nitrogens with zero attached hydrogens (tertiary/aromatic N) is 6. The Hall–Kier alpha value is -3.04. The summed E-state index contributed by atoms with van der Waals surface area (Å²) in [5, 5.41) is 24.3. The highest BCUT2D eigenvalue weighted by Gasteiger charge is 2.20. The Bertz CT molecular complexity index is 1280. The lowest BCUT2D eigenvalue weighted by molar-refractivity contribution is 0.126. The molecule has 3 heterocycles. The Morgan fingerprint density at radius 1 is 1.00 bits per heavy atom. The predicted molar refractivity (Wildman–Crippen MR) is 112 cm³/mol. The van der Waals surface area contributed by atoms with E-state index in [-0.39, 0.29) is 6.61 Å². The summed E-state index contributed by atoms with van der Waals surface area (Å²) in [4.78, 5) is 0. The second-order valence-corrected chi connectivity index (χ2v) is 7.64.